The molecule has 0 aliphatic carbocycles. The number of sulfonamides is 1. The molecule has 0 fully saturated rings. The lowest BCUT2D eigenvalue weighted by Gasteiger charge is -2.09. The largest absolute Gasteiger partial charge is 0.502 e. The van der Waals surface area contributed by atoms with Gasteiger partial charge >= 0.3 is 5.69 Å². The second-order valence-corrected chi connectivity index (χ2v) is 6.95. The molecule has 0 aliphatic rings. The maximum Gasteiger partial charge on any atom is 0.318 e. The second-order valence-electron chi connectivity index (χ2n) is 5.29. The van der Waals surface area contributed by atoms with Crippen molar-refractivity contribution >= 4 is 27.6 Å². The van der Waals surface area contributed by atoms with Crippen molar-refractivity contribution in [2.24, 2.45) is 5.10 Å². The van der Waals surface area contributed by atoms with Gasteiger partial charge in [0.25, 0.3) is 15.7 Å². The van der Waals surface area contributed by atoms with Crippen LogP contribution in [0, 0.1) is 20.2 Å². The number of methoxy groups -OCH3 is 2. The Labute approximate surface area is 163 Å². The summed E-state index contributed by atoms with van der Waals surface area (Å²) in [5.41, 5.74) is -2.04. The Morgan fingerprint density at radius 1 is 1.07 bits per heavy atom. The Balaban J connectivity index is 2.36. The summed E-state index contributed by atoms with van der Waals surface area (Å²) in [7, 11) is -1.50. The Hall–Kier alpha value is -3.94. The van der Waals surface area contributed by atoms with Crippen LogP contribution < -0.4 is 14.3 Å². The summed E-state index contributed by atoms with van der Waals surface area (Å²) < 4.78 is 34.7. The number of hydrogen-bond acceptors (Lipinski definition) is 10. The summed E-state index contributed by atoms with van der Waals surface area (Å²) >= 11 is 0. The molecule has 2 aromatic rings. The van der Waals surface area contributed by atoms with Crippen molar-refractivity contribution < 1.29 is 32.8 Å². The molecular formula is C15H14N4O9S. The third-order valence-electron chi connectivity index (χ3n) is 3.55. The van der Waals surface area contributed by atoms with Gasteiger partial charge in [-0.15, -0.1) is 0 Å². The quantitative estimate of drug-likeness (QED) is 0.359. The lowest BCUT2D eigenvalue weighted by atomic mass is 10.1. The molecule has 0 radical (unpaired) electrons. The van der Waals surface area contributed by atoms with Crippen LogP contribution in [0.15, 0.2) is 40.3 Å². The van der Waals surface area contributed by atoms with E-state index < -0.39 is 42.6 Å². The minimum absolute atomic E-state index is 0.145. The average molecular weight is 426 g/mol. The van der Waals surface area contributed by atoms with E-state index in [9.17, 15) is 33.8 Å². The molecule has 0 heterocycles. The third kappa shape index (κ3) is 4.67. The van der Waals surface area contributed by atoms with Crippen molar-refractivity contribution in [1.29, 1.82) is 0 Å². The smallest absolute Gasteiger partial charge is 0.318 e. The molecule has 0 aliphatic heterocycles. The predicted octanol–water partition coefficient (Wildman–Crippen LogP) is 1.54. The van der Waals surface area contributed by atoms with Gasteiger partial charge in [0, 0.05) is 12.1 Å². The van der Waals surface area contributed by atoms with E-state index in [1.807, 2.05) is 4.83 Å². The SMILES string of the molecule is COc1ccc(S(=O)(=O)N/N=C\c2cc([N+](=O)[O-])cc([N+](=O)[O-])c2O)cc1OC. The average Bonchev–Trinajstić information content (AvgIpc) is 2.68. The molecule has 2 rings (SSSR count). The first-order valence-electron chi connectivity index (χ1n) is 7.53. The van der Waals surface area contributed by atoms with Crippen molar-refractivity contribution in [2.45, 2.75) is 4.90 Å². The summed E-state index contributed by atoms with van der Waals surface area (Å²) in [6.07, 6.45) is 0.702. The van der Waals surface area contributed by atoms with Crippen LogP contribution in [0.25, 0.3) is 0 Å². The van der Waals surface area contributed by atoms with Crippen LogP contribution in [-0.4, -0.2) is 43.8 Å². The van der Waals surface area contributed by atoms with Crippen LogP contribution in [-0.2, 0) is 10.0 Å². The van der Waals surface area contributed by atoms with Crippen molar-refractivity contribution in [1.82, 2.24) is 4.83 Å². The fourth-order valence-electron chi connectivity index (χ4n) is 2.17. The monoisotopic (exact) mass is 426 g/mol. The first kappa shape index (κ1) is 21.4. The number of rotatable bonds is 8. The molecule has 2 aromatic carbocycles. The van der Waals surface area contributed by atoms with Crippen molar-refractivity contribution in [3.63, 3.8) is 0 Å². The van der Waals surface area contributed by atoms with Gasteiger partial charge in [-0.1, -0.05) is 0 Å². The summed E-state index contributed by atoms with van der Waals surface area (Å²) in [5.74, 6) is -0.468. The molecular weight excluding hydrogens is 412 g/mol. The number of non-ortho nitro benzene ring substituents is 1. The van der Waals surface area contributed by atoms with Crippen LogP contribution >= 0.6 is 0 Å². The van der Waals surface area contributed by atoms with E-state index in [-0.39, 0.29) is 10.6 Å². The summed E-state index contributed by atoms with van der Waals surface area (Å²) in [6.45, 7) is 0. The normalized spacial score (nSPS) is 11.2. The minimum atomic E-state index is -4.19. The lowest BCUT2D eigenvalue weighted by Crippen LogP contribution is -2.18. The number of nitro benzene ring substituents is 2. The number of nitrogens with zero attached hydrogens (tertiary/aromatic N) is 3. The Bertz CT molecular complexity index is 1100. The van der Waals surface area contributed by atoms with Gasteiger partial charge in [-0.3, -0.25) is 20.2 Å². The number of hydrogen-bond donors (Lipinski definition) is 2. The third-order valence-corrected chi connectivity index (χ3v) is 4.77. The summed E-state index contributed by atoms with van der Waals surface area (Å²) in [5, 5.41) is 35.1. The number of hydrazone groups is 1. The standard InChI is InChI=1S/C15H14N4O9S/c1-27-13-4-3-11(7-14(13)28-2)29(25,26)17-16-8-9-5-10(18(21)22)6-12(15(9)20)19(23)24/h3-8,17,20H,1-2H3/b16-8-. The molecule has 0 spiro atoms. The zero-order valence-corrected chi connectivity index (χ0v) is 15.7. The van der Waals surface area contributed by atoms with Crippen LogP contribution in [0.4, 0.5) is 11.4 Å². The fourth-order valence-corrected chi connectivity index (χ4v) is 2.98. The maximum atomic E-state index is 12.3. The van der Waals surface area contributed by atoms with Gasteiger partial charge in [0.2, 0.25) is 5.75 Å². The molecule has 0 aromatic heterocycles. The van der Waals surface area contributed by atoms with E-state index in [1.165, 1.54) is 32.4 Å². The minimum Gasteiger partial charge on any atom is -0.502 e. The highest BCUT2D eigenvalue weighted by atomic mass is 32.2. The van der Waals surface area contributed by atoms with Crippen LogP contribution in [0.1, 0.15) is 5.56 Å². The van der Waals surface area contributed by atoms with Gasteiger partial charge in [0.05, 0.1) is 46.8 Å². The van der Waals surface area contributed by atoms with Gasteiger partial charge in [-0.25, -0.2) is 4.83 Å². The number of ether oxygens (including phenoxy) is 2. The molecule has 13 nitrogen and oxygen atoms in total. The van der Waals surface area contributed by atoms with E-state index in [0.717, 1.165) is 6.07 Å². The van der Waals surface area contributed by atoms with Gasteiger partial charge in [-0.05, 0) is 12.1 Å². The Morgan fingerprint density at radius 2 is 1.72 bits per heavy atom. The first-order chi connectivity index (χ1) is 13.6. The first-order valence-corrected chi connectivity index (χ1v) is 9.01. The molecule has 0 amide bonds. The van der Waals surface area contributed by atoms with Crippen molar-refractivity contribution in [3.05, 3.63) is 56.1 Å². The van der Waals surface area contributed by atoms with Crippen LogP contribution in [0.5, 0.6) is 17.2 Å². The van der Waals surface area contributed by atoms with Gasteiger partial charge < -0.3 is 14.6 Å². The van der Waals surface area contributed by atoms with E-state index >= 15 is 0 Å². The van der Waals surface area contributed by atoms with Crippen molar-refractivity contribution in [3.8, 4) is 17.2 Å². The molecule has 0 saturated heterocycles. The second kappa shape index (κ2) is 8.39. The van der Waals surface area contributed by atoms with E-state index in [1.54, 1.807) is 0 Å². The zero-order valence-electron chi connectivity index (χ0n) is 14.9. The van der Waals surface area contributed by atoms with Crippen LogP contribution in [0.2, 0.25) is 0 Å². The van der Waals surface area contributed by atoms with Gasteiger partial charge in [0.15, 0.2) is 11.5 Å². The molecule has 2 N–H and O–H groups in total. The highest BCUT2D eigenvalue weighted by Gasteiger charge is 2.23. The van der Waals surface area contributed by atoms with E-state index in [4.69, 9.17) is 9.47 Å². The zero-order chi connectivity index (χ0) is 21.8. The van der Waals surface area contributed by atoms with Crippen LogP contribution in [0.3, 0.4) is 0 Å². The molecule has 14 heteroatoms. The number of aromatic hydroxyl groups is 1. The number of phenolic OH excluding ortho intramolecular Hbond substituents is 1. The highest BCUT2D eigenvalue weighted by Crippen LogP contribution is 2.33. The van der Waals surface area contributed by atoms with Gasteiger partial charge in [0.1, 0.15) is 0 Å². The van der Waals surface area contributed by atoms with Gasteiger partial charge in [-0.2, -0.15) is 13.5 Å². The lowest BCUT2D eigenvalue weighted by molar-refractivity contribution is -0.394. The molecule has 0 bridgehead atoms. The van der Waals surface area contributed by atoms with E-state index in [0.29, 0.717) is 18.0 Å². The van der Waals surface area contributed by atoms with Crippen molar-refractivity contribution in [2.75, 3.05) is 14.2 Å². The molecule has 154 valence electrons. The number of phenols is 1. The Kier molecular flexibility index (Phi) is 6.18. The Morgan fingerprint density at radius 3 is 2.28 bits per heavy atom. The number of nitrogens with one attached hydrogen (secondary N) is 1. The van der Waals surface area contributed by atoms with E-state index in [2.05, 4.69) is 5.10 Å². The number of benzene rings is 2. The number of nitro groups is 2. The molecule has 0 saturated carbocycles. The predicted molar refractivity (Wildman–Crippen MR) is 98.9 cm³/mol. The molecule has 0 atom stereocenters. The summed E-state index contributed by atoms with van der Waals surface area (Å²) in [6, 6.07) is 5.12. The molecule has 0 unspecified atom stereocenters. The summed E-state index contributed by atoms with van der Waals surface area (Å²) in [4.78, 5) is 21.5. The highest BCUT2D eigenvalue weighted by molar-refractivity contribution is 7.89. The topological polar surface area (TPSA) is 184 Å². The fraction of sp³-hybridized carbons (Fsp3) is 0.133. The maximum absolute atomic E-state index is 12.3. The molecule has 29 heavy (non-hydrogen) atoms.